The molecule has 2 aliphatic rings. The van der Waals surface area contributed by atoms with Crippen molar-refractivity contribution >= 4 is 17.5 Å². The summed E-state index contributed by atoms with van der Waals surface area (Å²) < 4.78 is 0. The highest BCUT2D eigenvalue weighted by molar-refractivity contribution is 6.02. The highest BCUT2D eigenvalue weighted by atomic mass is 16.2. The lowest BCUT2D eigenvalue weighted by atomic mass is 9.94. The summed E-state index contributed by atoms with van der Waals surface area (Å²) in [6.07, 6.45) is 2.67. The first-order valence-electron chi connectivity index (χ1n) is 7.28. The van der Waals surface area contributed by atoms with E-state index in [4.69, 9.17) is 0 Å². The normalized spacial score (nSPS) is 25.3. The van der Waals surface area contributed by atoms with Crippen LogP contribution in [0.25, 0.3) is 0 Å². The van der Waals surface area contributed by atoms with Crippen LogP contribution < -0.4 is 5.32 Å². The van der Waals surface area contributed by atoms with Gasteiger partial charge in [-0.2, -0.15) is 0 Å². The molecule has 1 aromatic carbocycles. The van der Waals surface area contributed by atoms with E-state index in [0.29, 0.717) is 23.9 Å². The van der Waals surface area contributed by atoms with Crippen molar-refractivity contribution in [2.24, 2.45) is 5.92 Å². The summed E-state index contributed by atoms with van der Waals surface area (Å²) in [5.74, 6) is 0.641. The number of amides is 2. The number of piperidine rings is 1. The van der Waals surface area contributed by atoms with Gasteiger partial charge in [0.25, 0.3) is 5.91 Å². The summed E-state index contributed by atoms with van der Waals surface area (Å²) in [5.41, 5.74) is 2.44. The van der Waals surface area contributed by atoms with Crippen molar-refractivity contribution < 1.29 is 9.59 Å². The molecule has 106 valence electrons. The number of likely N-dealkylation sites (tertiary alicyclic amines) is 1. The Morgan fingerprint density at radius 1 is 1.30 bits per heavy atom. The SMILES string of the molecule is CC1CCC(C)N(C(=O)c2ccc3c(c2)NC(=O)C3)C1. The lowest BCUT2D eigenvalue weighted by Gasteiger charge is -2.37. The fraction of sp³-hybridized carbons (Fsp3) is 0.500. The van der Waals surface area contributed by atoms with Gasteiger partial charge in [-0.15, -0.1) is 0 Å². The third-order valence-electron chi connectivity index (χ3n) is 4.36. The molecule has 1 N–H and O–H groups in total. The summed E-state index contributed by atoms with van der Waals surface area (Å²) in [5, 5.41) is 2.81. The van der Waals surface area contributed by atoms with Crippen LogP contribution in [0.2, 0.25) is 0 Å². The molecule has 4 nitrogen and oxygen atoms in total. The van der Waals surface area contributed by atoms with Crippen molar-refractivity contribution in [3.63, 3.8) is 0 Å². The fourth-order valence-electron chi connectivity index (χ4n) is 3.08. The van der Waals surface area contributed by atoms with E-state index in [0.717, 1.165) is 24.2 Å². The lowest BCUT2D eigenvalue weighted by Crippen LogP contribution is -2.44. The maximum atomic E-state index is 12.7. The van der Waals surface area contributed by atoms with Gasteiger partial charge in [0.1, 0.15) is 0 Å². The van der Waals surface area contributed by atoms with Crippen LogP contribution in [0, 0.1) is 5.92 Å². The van der Waals surface area contributed by atoms with Gasteiger partial charge in [-0.1, -0.05) is 13.0 Å². The van der Waals surface area contributed by atoms with E-state index in [1.54, 1.807) is 0 Å². The average Bonchev–Trinajstić information content (AvgIpc) is 2.79. The molecular weight excluding hydrogens is 252 g/mol. The second kappa shape index (κ2) is 4.93. The van der Waals surface area contributed by atoms with E-state index < -0.39 is 0 Å². The van der Waals surface area contributed by atoms with Gasteiger partial charge in [0.15, 0.2) is 0 Å². The lowest BCUT2D eigenvalue weighted by molar-refractivity contribution is -0.115. The Bertz CT molecular complexity index is 568. The highest BCUT2D eigenvalue weighted by Gasteiger charge is 2.28. The van der Waals surface area contributed by atoms with E-state index in [9.17, 15) is 9.59 Å². The second-order valence-corrected chi connectivity index (χ2v) is 6.09. The van der Waals surface area contributed by atoms with Crippen molar-refractivity contribution in [1.29, 1.82) is 0 Å². The van der Waals surface area contributed by atoms with Crippen LogP contribution in [0.3, 0.4) is 0 Å². The number of carbonyl (C=O) groups excluding carboxylic acids is 2. The molecule has 0 spiro atoms. The van der Waals surface area contributed by atoms with Gasteiger partial charge in [-0.05, 0) is 43.4 Å². The molecule has 1 aromatic rings. The first-order valence-corrected chi connectivity index (χ1v) is 7.28. The smallest absolute Gasteiger partial charge is 0.254 e. The zero-order valence-corrected chi connectivity index (χ0v) is 12.0. The molecule has 2 amide bonds. The van der Waals surface area contributed by atoms with Gasteiger partial charge in [0.05, 0.1) is 6.42 Å². The molecule has 1 saturated heterocycles. The summed E-state index contributed by atoms with van der Waals surface area (Å²) >= 11 is 0. The Morgan fingerprint density at radius 3 is 2.90 bits per heavy atom. The van der Waals surface area contributed by atoms with E-state index in [2.05, 4.69) is 19.2 Å². The topological polar surface area (TPSA) is 49.4 Å². The summed E-state index contributed by atoms with van der Waals surface area (Å²) in [6, 6.07) is 5.84. The van der Waals surface area contributed by atoms with Crippen molar-refractivity contribution in [2.45, 2.75) is 39.2 Å². The Labute approximate surface area is 119 Å². The van der Waals surface area contributed by atoms with Crippen LogP contribution in [0.4, 0.5) is 5.69 Å². The van der Waals surface area contributed by atoms with Crippen molar-refractivity contribution in [2.75, 3.05) is 11.9 Å². The van der Waals surface area contributed by atoms with Gasteiger partial charge < -0.3 is 10.2 Å². The number of hydrogen-bond acceptors (Lipinski definition) is 2. The molecule has 3 rings (SSSR count). The van der Waals surface area contributed by atoms with Gasteiger partial charge in [-0.3, -0.25) is 9.59 Å². The maximum absolute atomic E-state index is 12.7. The van der Waals surface area contributed by atoms with Crippen LogP contribution in [-0.4, -0.2) is 29.3 Å². The number of rotatable bonds is 1. The predicted molar refractivity (Wildman–Crippen MR) is 77.7 cm³/mol. The average molecular weight is 272 g/mol. The number of benzene rings is 1. The van der Waals surface area contributed by atoms with Crippen molar-refractivity contribution in [3.05, 3.63) is 29.3 Å². The Kier molecular flexibility index (Phi) is 3.24. The van der Waals surface area contributed by atoms with Crippen LogP contribution in [0.15, 0.2) is 18.2 Å². The summed E-state index contributed by atoms with van der Waals surface area (Å²) in [7, 11) is 0. The Morgan fingerprint density at radius 2 is 2.10 bits per heavy atom. The molecule has 0 saturated carbocycles. The third kappa shape index (κ3) is 2.30. The largest absolute Gasteiger partial charge is 0.336 e. The van der Waals surface area contributed by atoms with Gasteiger partial charge >= 0.3 is 0 Å². The molecule has 2 aliphatic heterocycles. The molecule has 4 heteroatoms. The van der Waals surface area contributed by atoms with E-state index in [-0.39, 0.29) is 11.8 Å². The minimum atomic E-state index is 0.00422. The molecule has 1 fully saturated rings. The summed E-state index contributed by atoms with van der Waals surface area (Å²) in [4.78, 5) is 26.0. The van der Waals surface area contributed by atoms with Crippen LogP contribution in [-0.2, 0) is 11.2 Å². The number of anilines is 1. The predicted octanol–water partition coefficient (Wildman–Crippen LogP) is 2.44. The first kappa shape index (κ1) is 13.2. The summed E-state index contributed by atoms with van der Waals surface area (Å²) in [6.45, 7) is 5.12. The number of nitrogens with one attached hydrogen (secondary N) is 1. The van der Waals surface area contributed by atoms with Gasteiger partial charge in [-0.25, -0.2) is 0 Å². The molecule has 20 heavy (non-hydrogen) atoms. The van der Waals surface area contributed by atoms with E-state index in [1.165, 1.54) is 6.42 Å². The molecule has 2 heterocycles. The van der Waals surface area contributed by atoms with Crippen LogP contribution in [0.5, 0.6) is 0 Å². The standard InChI is InChI=1S/C16H20N2O2/c1-10-3-4-11(2)18(9-10)16(20)13-6-5-12-8-15(19)17-14(12)7-13/h5-7,10-11H,3-4,8-9H2,1-2H3,(H,17,19). The zero-order chi connectivity index (χ0) is 14.3. The minimum absolute atomic E-state index is 0.00422. The number of hydrogen-bond donors (Lipinski definition) is 1. The molecule has 2 atom stereocenters. The monoisotopic (exact) mass is 272 g/mol. The number of carbonyl (C=O) groups is 2. The highest BCUT2D eigenvalue weighted by Crippen LogP contribution is 2.27. The van der Waals surface area contributed by atoms with E-state index >= 15 is 0 Å². The Hall–Kier alpha value is -1.84. The van der Waals surface area contributed by atoms with Gasteiger partial charge in [0, 0.05) is 23.8 Å². The fourth-order valence-corrected chi connectivity index (χ4v) is 3.08. The van der Waals surface area contributed by atoms with Crippen molar-refractivity contribution in [3.8, 4) is 0 Å². The second-order valence-electron chi connectivity index (χ2n) is 6.09. The molecule has 0 bridgehead atoms. The maximum Gasteiger partial charge on any atom is 0.254 e. The van der Waals surface area contributed by atoms with Crippen LogP contribution >= 0.6 is 0 Å². The minimum Gasteiger partial charge on any atom is -0.336 e. The van der Waals surface area contributed by atoms with Crippen LogP contribution in [0.1, 0.15) is 42.6 Å². The number of nitrogens with zero attached hydrogens (tertiary/aromatic N) is 1. The third-order valence-corrected chi connectivity index (χ3v) is 4.36. The number of fused-ring (bicyclic) bond motifs is 1. The molecule has 2 unspecified atom stereocenters. The van der Waals surface area contributed by atoms with Gasteiger partial charge in [0.2, 0.25) is 5.91 Å². The molecular formula is C16H20N2O2. The molecule has 0 aliphatic carbocycles. The molecule has 0 radical (unpaired) electrons. The quantitative estimate of drug-likeness (QED) is 0.853. The Balaban J connectivity index is 1.84. The zero-order valence-electron chi connectivity index (χ0n) is 12.0. The molecule has 0 aromatic heterocycles. The van der Waals surface area contributed by atoms with Crippen molar-refractivity contribution in [1.82, 2.24) is 4.90 Å². The first-order chi connectivity index (χ1) is 9.54. The van der Waals surface area contributed by atoms with E-state index in [1.807, 2.05) is 23.1 Å².